The monoisotopic (exact) mass is 403 g/mol. The van der Waals surface area contributed by atoms with Crippen LogP contribution in [-0.4, -0.2) is 22.1 Å². The van der Waals surface area contributed by atoms with Gasteiger partial charge in [-0.05, 0) is 36.0 Å². The molecule has 1 aromatic heterocycles. The van der Waals surface area contributed by atoms with E-state index >= 15 is 0 Å². The van der Waals surface area contributed by atoms with E-state index in [1.165, 1.54) is 24.8 Å². The van der Waals surface area contributed by atoms with Crippen LogP contribution in [0.3, 0.4) is 0 Å². The average Bonchev–Trinajstić information content (AvgIpc) is 3.24. The standard InChI is InChI=1S/C25H29N3O2/c1-25(2,3)18-15-13-17(14-16-18)22-27-24(30-28-22)21-12-8-7-11-20(21)23(29)26-19-9-5-4-6-10-19/h7-8,11-16,19H,4-6,9-10H2,1-3H3,(H,26,29). The molecule has 1 saturated carbocycles. The highest BCUT2D eigenvalue weighted by Gasteiger charge is 2.21. The minimum absolute atomic E-state index is 0.0771. The summed E-state index contributed by atoms with van der Waals surface area (Å²) in [4.78, 5) is 17.5. The number of carbonyl (C=O) groups excluding carboxylic acids is 1. The van der Waals surface area contributed by atoms with Gasteiger partial charge >= 0.3 is 0 Å². The van der Waals surface area contributed by atoms with Crippen molar-refractivity contribution in [2.75, 3.05) is 0 Å². The Labute approximate surface area is 177 Å². The molecule has 0 spiro atoms. The average molecular weight is 404 g/mol. The zero-order chi connectivity index (χ0) is 21.1. The van der Waals surface area contributed by atoms with E-state index in [1.807, 2.05) is 36.4 Å². The van der Waals surface area contributed by atoms with Crippen LogP contribution in [0, 0.1) is 0 Å². The lowest BCUT2D eigenvalue weighted by molar-refractivity contribution is 0.0928. The van der Waals surface area contributed by atoms with Crippen molar-refractivity contribution >= 4 is 5.91 Å². The molecule has 4 rings (SSSR count). The second kappa shape index (κ2) is 8.42. The predicted molar refractivity (Wildman–Crippen MR) is 118 cm³/mol. The van der Waals surface area contributed by atoms with Gasteiger partial charge < -0.3 is 9.84 Å². The van der Waals surface area contributed by atoms with Crippen molar-refractivity contribution in [3.05, 3.63) is 59.7 Å². The fraction of sp³-hybridized carbons (Fsp3) is 0.400. The smallest absolute Gasteiger partial charge is 0.259 e. The lowest BCUT2D eigenvalue weighted by Gasteiger charge is -2.23. The number of carbonyl (C=O) groups is 1. The van der Waals surface area contributed by atoms with Crippen LogP contribution in [0.2, 0.25) is 0 Å². The summed E-state index contributed by atoms with van der Waals surface area (Å²) in [5, 5.41) is 7.33. The first-order chi connectivity index (χ1) is 14.4. The molecule has 5 nitrogen and oxygen atoms in total. The summed E-state index contributed by atoms with van der Waals surface area (Å²) < 4.78 is 5.54. The Balaban J connectivity index is 1.57. The number of aromatic nitrogens is 2. The molecule has 0 unspecified atom stereocenters. The van der Waals surface area contributed by atoms with Crippen LogP contribution in [0.4, 0.5) is 0 Å². The van der Waals surface area contributed by atoms with E-state index in [-0.39, 0.29) is 17.4 Å². The van der Waals surface area contributed by atoms with Gasteiger partial charge in [0.05, 0.1) is 11.1 Å². The van der Waals surface area contributed by atoms with Crippen LogP contribution in [0.5, 0.6) is 0 Å². The Morgan fingerprint density at radius 2 is 1.70 bits per heavy atom. The fourth-order valence-electron chi connectivity index (χ4n) is 3.95. The summed E-state index contributed by atoms with van der Waals surface area (Å²) in [6.07, 6.45) is 5.69. The molecule has 2 aromatic carbocycles. The Morgan fingerprint density at radius 1 is 1.00 bits per heavy atom. The minimum atomic E-state index is -0.0771. The number of amides is 1. The molecule has 1 heterocycles. The van der Waals surface area contributed by atoms with Crippen LogP contribution in [0.25, 0.3) is 22.8 Å². The normalized spacial score (nSPS) is 15.2. The molecule has 0 saturated heterocycles. The SMILES string of the molecule is CC(C)(C)c1ccc(-c2noc(-c3ccccc3C(=O)NC3CCCCC3)n2)cc1. The van der Waals surface area contributed by atoms with Gasteiger partial charge in [0.1, 0.15) is 0 Å². The predicted octanol–water partition coefficient (Wildman–Crippen LogP) is 5.76. The highest BCUT2D eigenvalue weighted by molar-refractivity contribution is 6.00. The molecule has 1 N–H and O–H groups in total. The van der Waals surface area contributed by atoms with E-state index in [4.69, 9.17) is 4.52 Å². The van der Waals surface area contributed by atoms with Crippen LogP contribution < -0.4 is 5.32 Å². The van der Waals surface area contributed by atoms with Gasteiger partial charge in [-0.3, -0.25) is 4.79 Å². The zero-order valence-corrected chi connectivity index (χ0v) is 17.9. The molecule has 0 aliphatic heterocycles. The topological polar surface area (TPSA) is 68.0 Å². The van der Waals surface area contributed by atoms with Crippen molar-refractivity contribution in [2.45, 2.75) is 64.3 Å². The number of nitrogens with one attached hydrogen (secondary N) is 1. The van der Waals surface area contributed by atoms with Crippen molar-refractivity contribution < 1.29 is 9.32 Å². The minimum Gasteiger partial charge on any atom is -0.349 e. The van der Waals surface area contributed by atoms with Crippen molar-refractivity contribution in [1.82, 2.24) is 15.5 Å². The van der Waals surface area contributed by atoms with E-state index in [0.29, 0.717) is 22.8 Å². The number of hydrogen-bond acceptors (Lipinski definition) is 4. The van der Waals surface area contributed by atoms with Crippen molar-refractivity contribution in [1.29, 1.82) is 0 Å². The van der Waals surface area contributed by atoms with Crippen LogP contribution in [0.15, 0.2) is 53.1 Å². The molecular weight excluding hydrogens is 374 g/mol. The Bertz CT molecular complexity index is 1010. The summed E-state index contributed by atoms with van der Waals surface area (Å²) in [6.45, 7) is 6.55. The van der Waals surface area contributed by atoms with Crippen LogP contribution in [-0.2, 0) is 5.41 Å². The van der Waals surface area contributed by atoms with Crippen molar-refractivity contribution in [2.24, 2.45) is 0 Å². The molecule has 156 valence electrons. The molecule has 3 aromatic rings. The third-order valence-corrected chi connectivity index (χ3v) is 5.78. The van der Waals surface area contributed by atoms with E-state index in [9.17, 15) is 4.79 Å². The maximum absolute atomic E-state index is 12.9. The molecule has 0 bridgehead atoms. The van der Waals surface area contributed by atoms with Crippen molar-refractivity contribution in [3.8, 4) is 22.8 Å². The molecule has 1 aliphatic rings. The Kier molecular flexibility index (Phi) is 5.71. The second-order valence-electron chi connectivity index (χ2n) is 9.10. The Morgan fingerprint density at radius 3 is 2.40 bits per heavy atom. The van der Waals surface area contributed by atoms with E-state index in [0.717, 1.165) is 18.4 Å². The number of nitrogens with zero attached hydrogens (tertiary/aromatic N) is 2. The molecule has 1 fully saturated rings. The number of hydrogen-bond donors (Lipinski definition) is 1. The maximum Gasteiger partial charge on any atom is 0.259 e. The number of rotatable bonds is 4. The summed E-state index contributed by atoms with van der Waals surface area (Å²) >= 11 is 0. The summed E-state index contributed by atoms with van der Waals surface area (Å²) in [5.41, 5.74) is 3.46. The highest BCUT2D eigenvalue weighted by atomic mass is 16.5. The molecule has 0 radical (unpaired) electrons. The lowest BCUT2D eigenvalue weighted by Crippen LogP contribution is -2.36. The fourth-order valence-corrected chi connectivity index (χ4v) is 3.95. The zero-order valence-electron chi connectivity index (χ0n) is 17.9. The van der Waals surface area contributed by atoms with Gasteiger partial charge in [-0.15, -0.1) is 0 Å². The van der Waals surface area contributed by atoms with Gasteiger partial charge in [0.15, 0.2) is 0 Å². The largest absolute Gasteiger partial charge is 0.349 e. The third kappa shape index (κ3) is 4.45. The molecule has 1 aliphatic carbocycles. The van der Waals surface area contributed by atoms with Gasteiger partial charge in [-0.2, -0.15) is 4.98 Å². The van der Waals surface area contributed by atoms with Crippen molar-refractivity contribution in [3.63, 3.8) is 0 Å². The third-order valence-electron chi connectivity index (χ3n) is 5.78. The van der Waals surface area contributed by atoms with Crippen LogP contribution >= 0.6 is 0 Å². The summed E-state index contributed by atoms with van der Waals surface area (Å²) in [5.74, 6) is 0.805. The quantitative estimate of drug-likeness (QED) is 0.601. The highest BCUT2D eigenvalue weighted by Crippen LogP contribution is 2.28. The Hall–Kier alpha value is -2.95. The molecule has 0 atom stereocenters. The first-order valence-electron chi connectivity index (χ1n) is 10.8. The molecular formula is C25H29N3O2. The van der Waals surface area contributed by atoms with E-state index in [1.54, 1.807) is 0 Å². The van der Waals surface area contributed by atoms with Gasteiger partial charge in [-0.25, -0.2) is 0 Å². The lowest BCUT2D eigenvalue weighted by atomic mass is 9.87. The summed E-state index contributed by atoms with van der Waals surface area (Å²) in [7, 11) is 0. The maximum atomic E-state index is 12.9. The van der Waals surface area contributed by atoms with Crippen LogP contribution in [0.1, 0.15) is 68.8 Å². The van der Waals surface area contributed by atoms with Gasteiger partial charge in [0.25, 0.3) is 11.8 Å². The van der Waals surface area contributed by atoms with Gasteiger partial charge in [-0.1, -0.05) is 81.6 Å². The first kappa shape index (κ1) is 20.3. The van der Waals surface area contributed by atoms with E-state index < -0.39 is 0 Å². The molecule has 5 heteroatoms. The first-order valence-corrected chi connectivity index (χ1v) is 10.8. The second-order valence-corrected chi connectivity index (χ2v) is 9.10. The molecule has 1 amide bonds. The van der Waals surface area contributed by atoms with Gasteiger partial charge in [0.2, 0.25) is 5.82 Å². The van der Waals surface area contributed by atoms with Gasteiger partial charge in [0, 0.05) is 11.6 Å². The van der Waals surface area contributed by atoms with E-state index in [2.05, 4.69) is 48.4 Å². The number of benzene rings is 2. The summed E-state index contributed by atoms with van der Waals surface area (Å²) in [6, 6.07) is 15.9. The molecule has 30 heavy (non-hydrogen) atoms.